The van der Waals surface area contributed by atoms with E-state index in [1.54, 1.807) is 0 Å². The molecule has 0 aliphatic heterocycles. The van der Waals surface area contributed by atoms with Crippen LogP contribution in [0.1, 0.15) is 27.0 Å². The second kappa shape index (κ2) is 5.53. The fraction of sp³-hybridized carbons (Fsp3) is 0.0952. The lowest BCUT2D eigenvalue weighted by Gasteiger charge is -2.06. The first-order chi connectivity index (χ1) is 11.6. The minimum Gasteiger partial charge on any atom is -0.289 e. The van der Waals surface area contributed by atoms with Crippen molar-refractivity contribution in [3.63, 3.8) is 0 Å². The zero-order valence-corrected chi connectivity index (χ0v) is 13.6. The number of nitrogens with zero attached hydrogens (tertiary/aromatic N) is 2. The number of benzene rings is 2. The maximum absolute atomic E-state index is 12.9. The Morgan fingerprint density at radius 3 is 1.62 bits per heavy atom. The first kappa shape index (κ1) is 14.5. The van der Waals surface area contributed by atoms with Crippen LogP contribution in [0.5, 0.6) is 0 Å². The van der Waals surface area contributed by atoms with Gasteiger partial charge in [-0.3, -0.25) is 14.8 Å². The molecule has 4 rings (SSSR count). The standard InChI is InChI=1S/C21H16N2O/c1-13-7-17-9-15(3-5-19(17)22-11-13)21(24)16-4-6-20-18(10-16)8-14(2)12-23-20/h3-12H,1-2H3. The first-order valence-electron chi connectivity index (χ1n) is 7.88. The van der Waals surface area contributed by atoms with Gasteiger partial charge in [-0.25, -0.2) is 0 Å². The molecule has 0 aliphatic rings. The molecule has 0 unspecified atom stereocenters. The zero-order valence-electron chi connectivity index (χ0n) is 13.6. The van der Waals surface area contributed by atoms with E-state index in [2.05, 4.69) is 9.97 Å². The number of hydrogen-bond donors (Lipinski definition) is 0. The highest BCUT2D eigenvalue weighted by Gasteiger charge is 2.11. The van der Waals surface area contributed by atoms with Crippen molar-refractivity contribution in [1.29, 1.82) is 0 Å². The largest absolute Gasteiger partial charge is 0.289 e. The van der Waals surface area contributed by atoms with Gasteiger partial charge in [0, 0.05) is 34.3 Å². The predicted octanol–water partition coefficient (Wildman–Crippen LogP) is 4.63. The van der Waals surface area contributed by atoms with Crippen LogP contribution >= 0.6 is 0 Å². The van der Waals surface area contributed by atoms with Gasteiger partial charge in [-0.05, 0) is 73.5 Å². The molecule has 0 spiro atoms. The number of carbonyl (C=O) groups is 1. The minimum absolute atomic E-state index is 0.0156. The van der Waals surface area contributed by atoms with Crippen molar-refractivity contribution >= 4 is 27.6 Å². The Bertz CT molecular complexity index is 1010. The maximum atomic E-state index is 12.9. The van der Waals surface area contributed by atoms with Gasteiger partial charge >= 0.3 is 0 Å². The molecule has 0 fully saturated rings. The van der Waals surface area contributed by atoms with Crippen molar-refractivity contribution in [2.45, 2.75) is 13.8 Å². The van der Waals surface area contributed by atoms with Gasteiger partial charge in [0.2, 0.25) is 0 Å². The fourth-order valence-corrected chi connectivity index (χ4v) is 2.93. The lowest BCUT2D eigenvalue weighted by Crippen LogP contribution is -2.01. The van der Waals surface area contributed by atoms with Crippen LogP contribution in [0.25, 0.3) is 21.8 Å². The van der Waals surface area contributed by atoms with E-state index in [1.165, 1.54) is 0 Å². The summed E-state index contributed by atoms with van der Waals surface area (Å²) in [5, 5.41) is 1.97. The first-order valence-corrected chi connectivity index (χ1v) is 7.88. The average molecular weight is 312 g/mol. The second-order valence-corrected chi connectivity index (χ2v) is 6.17. The summed E-state index contributed by atoms with van der Waals surface area (Å²) in [6.07, 6.45) is 3.67. The Balaban J connectivity index is 1.80. The molecule has 3 nitrogen and oxygen atoms in total. The topological polar surface area (TPSA) is 42.9 Å². The van der Waals surface area contributed by atoms with Crippen molar-refractivity contribution in [1.82, 2.24) is 9.97 Å². The van der Waals surface area contributed by atoms with Crippen LogP contribution < -0.4 is 0 Å². The monoisotopic (exact) mass is 312 g/mol. The summed E-state index contributed by atoms with van der Waals surface area (Å²) in [5.41, 5.74) is 5.31. The number of aryl methyl sites for hydroxylation is 2. The number of rotatable bonds is 2. The van der Waals surface area contributed by atoms with E-state index in [9.17, 15) is 4.79 Å². The summed E-state index contributed by atoms with van der Waals surface area (Å²) in [7, 11) is 0. The molecule has 116 valence electrons. The van der Waals surface area contributed by atoms with Crippen LogP contribution in [-0.2, 0) is 0 Å². The molecule has 0 saturated heterocycles. The Morgan fingerprint density at radius 1 is 0.708 bits per heavy atom. The summed E-state index contributed by atoms with van der Waals surface area (Å²) in [6, 6.07) is 15.4. The van der Waals surface area contributed by atoms with E-state index < -0.39 is 0 Å². The highest BCUT2D eigenvalue weighted by molar-refractivity contribution is 6.11. The molecular formula is C21H16N2O. The summed E-state index contributed by atoms with van der Waals surface area (Å²) in [6.45, 7) is 4.00. The van der Waals surface area contributed by atoms with Crippen LogP contribution in [0.15, 0.2) is 60.9 Å². The Morgan fingerprint density at radius 2 is 1.17 bits per heavy atom. The molecule has 0 bridgehead atoms. The smallest absolute Gasteiger partial charge is 0.193 e. The molecule has 0 N–H and O–H groups in total. The van der Waals surface area contributed by atoms with Crippen molar-refractivity contribution < 1.29 is 4.79 Å². The Hall–Kier alpha value is -3.07. The van der Waals surface area contributed by atoms with Gasteiger partial charge in [0.05, 0.1) is 11.0 Å². The van der Waals surface area contributed by atoms with E-state index in [1.807, 2.05) is 74.8 Å². The summed E-state index contributed by atoms with van der Waals surface area (Å²) < 4.78 is 0. The highest BCUT2D eigenvalue weighted by atomic mass is 16.1. The average Bonchev–Trinajstić information content (AvgIpc) is 2.59. The highest BCUT2D eigenvalue weighted by Crippen LogP contribution is 2.21. The summed E-state index contributed by atoms with van der Waals surface area (Å²) in [4.78, 5) is 21.6. The molecular weight excluding hydrogens is 296 g/mol. The molecule has 3 heteroatoms. The molecule has 0 saturated carbocycles. The Kier molecular flexibility index (Phi) is 3.35. The van der Waals surface area contributed by atoms with Gasteiger partial charge in [-0.2, -0.15) is 0 Å². The van der Waals surface area contributed by atoms with E-state index >= 15 is 0 Å². The summed E-state index contributed by atoms with van der Waals surface area (Å²) >= 11 is 0. The molecule has 0 aliphatic carbocycles. The molecule has 0 atom stereocenters. The predicted molar refractivity (Wildman–Crippen MR) is 96.4 cm³/mol. The SMILES string of the molecule is Cc1cnc2ccc(C(=O)c3ccc4ncc(C)cc4c3)cc2c1. The second-order valence-electron chi connectivity index (χ2n) is 6.17. The fourth-order valence-electron chi connectivity index (χ4n) is 2.93. The van der Waals surface area contributed by atoms with Crippen molar-refractivity contribution in [3.05, 3.63) is 83.2 Å². The number of carbonyl (C=O) groups excluding carboxylic acids is 1. The van der Waals surface area contributed by atoms with E-state index in [4.69, 9.17) is 0 Å². The van der Waals surface area contributed by atoms with Crippen molar-refractivity contribution in [3.8, 4) is 0 Å². The molecule has 2 aromatic heterocycles. The van der Waals surface area contributed by atoms with E-state index in [0.717, 1.165) is 32.9 Å². The molecule has 24 heavy (non-hydrogen) atoms. The van der Waals surface area contributed by atoms with Crippen LogP contribution in [0, 0.1) is 13.8 Å². The molecule has 2 heterocycles. The lowest BCUT2D eigenvalue weighted by molar-refractivity contribution is 0.103. The number of aromatic nitrogens is 2. The number of fused-ring (bicyclic) bond motifs is 2. The van der Waals surface area contributed by atoms with Crippen LogP contribution in [0.3, 0.4) is 0 Å². The number of ketones is 1. The summed E-state index contributed by atoms with van der Waals surface area (Å²) in [5.74, 6) is 0.0156. The molecule has 0 radical (unpaired) electrons. The quantitative estimate of drug-likeness (QED) is 0.507. The lowest BCUT2D eigenvalue weighted by atomic mass is 9.99. The third kappa shape index (κ3) is 2.54. The van der Waals surface area contributed by atoms with Gasteiger partial charge < -0.3 is 0 Å². The van der Waals surface area contributed by atoms with Crippen LogP contribution in [0.2, 0.25) is 0 Å². The van der Waals surface area contributed by atoms with Crippen molar-refractivity contribution in [2.24, 2.45) is 0 Å². The molecule has 0 amide bonds. The molecule has 2 aromatic carbocycles. The third-order valence-electron chi connectivity index (χ3n) is 4.16. The van der Waals surface area contributed by atoms with Crippen LogP contribution in [0.4, 0.5) is 0 Å². The van der Waals surface area contributed by atoms with Gasteiger partial charge in [0.15, 0.2) is 5.78 Å². The van der Waals surface area contributed by atoms with Gasteiger partial charge in [0.25, 0.3) is 0 Å². The number of pyridine rings is 2. The zero-order chi connectivity index (χ0) is 16.7. The maximum Gasteiger partial charge on any atom is 0.193 e. The van der Waals surface area contributed by atoms with Gasteiger partial charge in [-0.15, -0.1) is 0 Å². The Labute approximate surface area is 140 Å². The van der Waals surface area contributed by atoms with Crippen LogP contribution in [-0.4, -0.2) is 15.8 Å². The van der Waals surface area contributed by atoms with E-state index in [-0.39, 0.29) is 5.78 Å². The number of hydrogen-bond acceptors (Lipinski definition) is 3. The normalized spacial score (nSPS) is 11.1. The van der Waals surface area contributed by atoms with Crippen molar-refractivity contribution in [2.75, 3.05) is 0 Å². The molecule has 4 aromatic rings. The van der Waals surface area contributed by atoms with Gasteiger partial charge in [0.1, 0.15) is 0 Å². The van der Waals surface area contributed by atoms with Gasteiger partial charge in [-0.1, -0.05) is 0 Å². The van der Waals surface area contributed by atoms with E-state index in [0.29, 0.717) is 11.1 Å². The third-order valence-corrected chi connectivity index (χ3v) is 4.16. The minimum atomic E-state index is 0.0156.